The molecule has 5 nitrogen and oxygen atoms in total. The normalized spacial score (nSPS) is 14.0. The molecule has 34 heavy (non-hydrogen) atoms. The minimum Gasteiger partial charge on any atom is -0.467 e. The van der Waals surface area contributed by atoms with Gasteiger partial charge in [-0.25, -0.2) is 4.79 Å². The molecule has 0 bridgehead atoms. The first-order valence-corrected chi connectivity index (χ1v) is 13.2. The Balaban J connectivity index is 2.07. The summed E-state index contributed by atoms with van der Waals surface area (Å²) >= 11 is 0. The smallest absolute Gasteiger partial charge is 0.407 e. The molecule has 0 spiro atoms. The number of ether oxygens (including phenoxy) is 1. The number of esters is 1. The van der Waals surface area contributed by atoms with Crippen LogP contribution in [0.2, 0.25) is 0 Å². The first-order chi connectivity index (χ1) is 16.2. The summed E-state index contributed by atoms with van der Waals surface area (Å²) in [4.78, 5) is 17.4. The Bertz CT molecular complexity index is 1030. The molecule has 0 saturated heterocycles. The van der Waals surface area contributed by atoms with Crippen molar-refractivity contribution in [2.24, 2.45) is 4.99 Å². The molecule has 178 valence electrons. The predicted molar refractivity (Wildman–Crippen MR) is 139 cm³/mol. The lowest BCUT2D eigenvalue weighted by molar-refractivity contribution is -0.144. The summed E-state index contributed by atoms with van der Waals surface area (Å²) in [6.07, 6.45) is 1.07. The van der Waals surface area contributed by atoms with Gasteiger partial charge in [0.25, 0.3) is 0 Å². The average molecular weight is 476 g/mol. The zero-order valence-corrected chi connectivity index (χ0v) is 21.5. The van der Waals surface area contributed by atoms with Crippen LogP contribution in [0.4, 0.5) is 0 Å². The van der Waals surface area contributed by atoms with E-state index in [1.807, 2.05) is 119 Å². The Kier molecular flexibility index (Phi) is 8.55. The van der Waals surface area contributed by atoms with Gasteiger partial charge in [0, 0.05) is 6.21 Å². The summed E-state index contributed by atoms with van der Waals surface area (Å²) in [5, 5.41) is 1.91. The zero-order chi connectivity index (χ0) is 24.6. The minimum absolute atomic E-state index is 0.459. The third kappa shape index (κ3) is 6.50. The highest BCUT2D eigenvalue weighted by atomic mass is 28.4. The highest BCUT2D eigenvalue weighted by molar-refractivity contribution is 6.92. The van der Waals surface area contributed by atoms with E-state index in [0.717, 1.165) is 15.9 Å². The highest BCUT2D eigenvalue weighted by Crippen LogP contribution is 2.22. The fourth-order valence-corrected chi connectivity index (χ4v) is 7.38. The number of rotatable bonds is 9. The first-order valence-electron chi connectivity index (χ1n) is 11.4. The van der Waals surface area contributed by atoms with E-state index >= 15 is 0 Å². The van der Waals surface area contributed by atoms with E-state index in [1.165, 1.54) is 7.11 Å². The van der Waals surface area contributed by atoms with Crippen molar-refractivity contribution >= 4 is 31.1 Å². The molecule has 0 aliphatic heterocycles. The van der Waals surface area contributed by atoms with Crippen LogP contribution in [-0.2, 0) is 18.4 Å². The van der Waals surface area contributed by atoms with E-state index in [-0.39, 0.29) is 0 Å². The Hall–Kier alpha value is -3.06. The Morgan fingerprint density at radius 1 is 0.853 bits per heavy atom. The van der Waals surface area contributed by atoms with Gasteiger partial charge in [0.2, 0.25) is 0 Å². The second-order valence-electron chi connectivity index (χ2n) is 9.04. The molecule has 2 atom stereocenters. The number of benzene rings is 3. The maximum absolute atomic E-state index is 12.8. The highest BCUT2D eigenvalue weighted by Gasteiger charge is 2.48. The summed E-state index contributed by atoms with van der Waals surface area (Å²) < 4.78 is 18.8. The van der Waals surface area contributed by atoms with Gasteiger partial charge in [-0.3, -0.25) is 4.99 Å². The van der Waals surface area contributed by atoms with E-state index in [4.69, 9.17) is 13.6 Å². The van der Waals surface area contributed by atoms with Crippen molar-refractivity contribution in [1.29, 1.82) is 0 Å². The molecule has 6 heteroatoms. The Morgan fingerprint density at radius 2 is 1.32 bits per heavy atom. The first kappa shape index (κ1) is 25.6. The predicted octanol–water partition coefficient (Wildman–Crippen LogP) is 4.12. The second-order valence-corrected chi connectivity index (χ2v) is 11.9. The summed E-state index contributed by atoms with van der Waals surface area (Å²) in [7, 11) is -1.89. The lowest BCUT2D eigenvalue weighted by atomic mass is 10.2. The van der Waals surface area contributed by atoms with Crippen LogP contribution in [-0.4, -0.2) is 45.6 Å². The number of methoxy groups -OCH3 is 1. The van der Waals surface area contributed by atoms with Crippen molar-refractivity contribution in [3.63, 3.8) is 0 Å². The molecule has 0 unspecified atom stereocenters. The molecule has 0 amide bonds. The molecule has 3 aromatic rings. The average Bonchev–Trinajstić information content (AvgIpc) is 2.84. The second kappa shape index (κ2) is 11.4. The third-order valence-corrected chi connectivity index (χ3v) is 8.97. The molecule has 0 saturated carbocycles. The van der Waals surface area contributed by atoms with Gasteiger partial charge in [0.1, 0.15) is 0 Å². The van der Waals surface area contributed by atoms with Gasteiger partial charge in [0.05, 0.1) is 18.8 Å². The van der Waals surface area contributed by atoms with Crippen LogP contribution in [0, 0.1) is 0 Å². The molecule has 3 aromatic carbocycles. The van der Waals surface area contributed by atoms with Gasteiger partial charge >= 0.3 is 14.5 Å². The molecule has 0 N–H and O–H groups in total. The van der Waals surface area contributed by atoms with Crippen molar-refractivity contribution in [1.82, 2.24) is 0 Å². The molecular weight excluding hydrogens is 442 g/mol. The fraction of sp³-hybridized carbons (Fsp3) is 0.286. The van der Waals surface area contributed by atoms with Crippen LogP contribution in [0.15, 0.2) is 96.0 Å². The molecule has 0 aromatic heterocycles. The van der Waals surface area contributed by atoms with Crippen LogP contribution in [0.3, 0.4) is 0 Å². The standard InChI is InChI=1S/C28H33NO4Si/c1-22(26(27(30)31-5)29-21-23-15-9-6-10-16-23)32-34(33-28(2,3)4,24-17-11-7-12-18-24)25-19-13-8-14-20-25/h6-22,26H,1-5H3/t22-,26+/m1/s1. The summed E-state index contributed by atoms with van der Waals surface area (Å²) in [5.74, 6) is -0.459. The van der Waals surface area contributed by atoms with Crippen LogP contribution in [0.1, 0.15) is 33.3 Å². The maximum atomic E-state index is 12.8. The van der Waals surface area contributed by atoms with E-state index in [1.54, 1.807) is 6.21 Å². The maximum Gasteiger partial charge on any atom is 0.407 e. The number of aliphatic imine (C=N–C) groups is 1. The van der Waals surface area contributed by atoms with Gasteiger partial charge in [-0.2, -0.15) is 0 Å². The van der Waals surface area contributed by atoms with Crippen LogP contribution < -0.4 is 10.4 Å². The fourth-order valence-electron chi connectivity index (χ4n) is 3.72. The third-order valence-electron chi connectivity index (χ3n) is 5.18. The number of nitrogens with zero attached hydrogens (tertiary/aromatic N) is 1. The minimum atomic E-state index is -3.26. The summed E-state index contributed by atoms with van der Waals surface area (Å²) in [5.41, 5.74) is 0.398. The zero-order valence-electron chi connectivity index (χ0n) is 20.5. The summed E-state index contributed by atoms with van der Waals surface area (Å²) in [6.45, 7) is 7.89. The largest absolute Gasteiger partial charge is 0.467 e. The molecule has 0 radical (unpaired) electrons. The van der Waals surface area contributed by atoms with Gasteiger partial charge in [0.15, 0.2) is 6.04 Å². The molecule has 0 aliphatic rings. The lowest BCUT2D eigenvalue weighted by Gasteiger charge is -2.39. The quantitative estimate of drug-likeness (QED) is 0.265. The SMILES string of the molecule is COC(=O)[C@@H](N=Cc1ccccc1)[C@@H](C)O[Si](OC(C)(C)C)(c1ccccc1)c1ccccc1. The van der Waals surface area contributed by atoms with Crippen LogP contribution in [0.25, 0.3) is 0 Å². The van der Waals surface area contributed by atoms with Crippen molar-refractivity contribution in [2.45, 2.75) is 45.4 Å². The van der Waals surface area contributed by atoms with E-state index < -0.39 is 32.3 Å². The summed E-state index contributed by atoms with van der Waals surface area (Å²) in [6, 6.07) is 28.7. The van der Waals surface area contributed by atoms with Gasteiger partial charge in [-0.1, -0.05) is 91.0 Å². The molecule has 0 fully saturated rings. The van der Waals surface area contributed by atoms with E-state index in [9.17, 15) is 4.79 Å². The Labute approximate surface area is 203 Å². The molecule has 0 heterocycles. The van der Waals surface area contributed by atoms with Crippen molar-refractivity contribution < 1.29 is 18.4 Å². The lowest BCUT2D eigenvalue weighted by Crippen LogP contribution is -2.67. The van der Waals surface area contributed by atoms with Crippen molar-refractivity contribution in [2.75, 3.05) is 7.11 Å². The number of hydrogen-bond donors (Lipinski definition) is 0. The van der Waals surface area contributed by atoms with E-state index in [0.29, 0.717) is 0 Å². The van der Waals surface area contributed by atoms with Gasteiger partial charge in [-0.05, 0) is 43.6 Å². The molecule has 3 rings (SSSR count). The van der Waals surface area contributed by atoms with Gasteiger partial charge in [-0.15, -0.1) is 0 Å². The monoisotopic (exact) mass is 475 g/mol. The number of carbonyl (C=O) groups excluding carboxylic acids is 1. The number of carbonyl (C=O) groups is 1. The van der Waals surface area contributed by atoms with Gasteiger partial charge < -0.3 is 13.6 Å². The molecule has 0 aliphatic carbocycles. The number of hydrogen-bond acceptors (Lipinski definition) is 5. The Morgan fingerprint density at radius 3 is 1.76 bits per heavy atom. The van der Waals surface area contributed by atoms with E-state index in [2.05, 4.69) is 4.99 Å². The van der Waals surface area contributed by atoms with Crippen molar-refractivity contribution in [3.8, 4) is 0 Å². The van der Waals surface area contributed by atoms with Crippen molar-refractivity contribution in [3.05, 3.63) is 96.6 Å². The topological polar surface area (TPSA) is 57.1 Å². The molecular formula is C28H33NO4Si. The van der Waals surface area contributed by atoms with Crippen LogP contribution >= 0.6 is 0 Å². The van der Waals surface area contributed by atoms with Crippen LogP contribution in [0.5, 0.6) is 0 Å².